The molecule has 0 bridgehead atoms. The van der Waals surface area contributed by atoms with Crippen LogP contribution in [0.15, 0.2) is 18.3 Å². The minimum atomic E-state index is -0.585. The number of hydrogen-bond donors (Lipinski definition) is 4. The number of carbonyl (C=O) groups is 1. The van der Waals surface area contributed by atoms with Gasteiger partial charge in [0.25, 0.3) is 0 Å². The summed E-state index contributed by atoms with van der Waals surface area (Å²) in [7, 11) is 0. The third-order valence-electron chi connectivity index (χ3n) is 1.59. The van der Waals surface area contributed by atoms with E-state index in [0.29, 0.717) is 6.41 Å². The summed E-state index contributed by atoms with van der Waals surface area (Å²) in [6.07, 6.45) is 3.13. The fraction of sp³-hybridized carbons (Fsp3) is 0. The number of amides is 1. The lowest BCUT2D eigenvalue weighted by Crippen LogP contribution is -1.97. The van der Waals surface area contributed by atoms with Gasteiger partial charge in [0.1, 0.15) is 0 Å². The number of rotatable bonds is 3. The number of aromatic hydroxyl groups is 3. The lowest BCUT2D eigenvalue weighted by atomic mass is 10.1. The molecule has 1 rings (SSSR count). The van der Waals surface area contributed by atoms with E-state index in [2.05, 4.69) is 5.32 Å². The second kappa shape index (κ2) is 4.18. The van der Waals surface area contributed by atoms with Gasteiger partial charge in [-0.05, 0) is 18.2 Å². The Morgan fingerprint density at radius 1 is 1.14 bits per heavy atom. The van der Waals surface area contributed by atoms with Crippen LogP contribution in [0.1, 0.15) is 5.56 Å². The fourth-order valence-electron chi connectivity index (χ4n) is 0.896. The highest BCUT2D eigenvalue weighted by Gasteiger charge is 2.08. The maximum Gasteiger partial charge on any atom is 0.211 e. The fourth-order valence-corrected chi connectivity index (χ4v) is 0.896. The summed E-state index contributed by atoms with van der Waals surface area (Å²) >= 11 is 0. The van der Waals surface area contributed by atoms with Crippen molar-refractivity contribution in [2.75, 3.05) is 0 Å². The standard InChI is InChI=1S/C9H9NO4/c11-5-10-4-3-6-1-2-7(12)9(14)8(6)13/h1-5,12-14H,(H,10,11)/b4-3+. The Labute approximate surface area is 79.9 Å². The third-order valence-corrected chi connectivity index (χ3v) is 1.59. The minimum Gasteiger partial charge on any atom is -0.504 e. The van der Waals surface area contributed by atoms with Gasteiger partial charge in [0, 0.05) is 11.8 Å². The predicted molar refractivity (Wildman–Crippen MR) is 49.7 cm³/mol. The van der Waals surface area contributed by atoms with E-state index in [9.17, 15) is 9.90 Å². The van der Waals surface area contributed by atoms with E-state index in [1.165, 1.54) is 24.4 Å². The summed E-state index contributed by atoms with van der Waals surface area (Å²) in [5.41, 5.74) is 0.287. The molecule has 0 saturated heterocycles. The zero-order valence-electron chi connectivity index (χ0n) is 7.14. The summed E-state index contributed by atoms with van der Waals surface area (Å²) in [6, 6.07) is 2.63. The molecule has 0 aliphatic carbocycles. The molecular formula is C9H9NO4. The number of nitrogens with one attached hydrogen (secondary N) is 1. The lowest BCUT2D eigenvalue weighted by Gasteiger charge is -2.03. The quantitative estimate of drug-likeness (QED) is 0.418. The number of hydrogen-bond acceptors (Lipinski definition) is 4. The van der Waals surface area contributed by atoms with E-state index < -0.39 is 17.2 Å². The molecule has 0 aromatic heterocycles. The van der Waals surface area contributed by atoms with Crippen molar-refractivity contribution in [3.05, 3.63) is 23.9 Å². The van der Waals surface area contributed by atoms with Crippen molar-refractivity contribution in [3.63, 3.8) is 0 Å². The first-order valence-electron chi connectivity index (χ1n) is 3.77. The summed E-state index contributed by atoms with van der Waals surface area (Å²) in [4.78, 5) is 9.89. The summed E-state index contributed by atoms with van der Waals surface area (Å²) in [6.45, 7) is 0. The zero-order chi connectivity index (χ0) is 10.6. The maximum absolute atomic E-state index is 9.89. The molecule has 74 valence electrons. The van der Waals surface area contributed by atoms with E-state index in [1.54, 1.807) is 0 Å². The molecular weight excluding hydrogens is 186 g/mol. The molecule has 1 aromatic rings. The Morgan fingerprint density at radius 2 is 1.86 bits per heavy atom. The molecule has 0 atom stereocenters. The average molecular weight is 195 g/mol. The molecule has 5 nitrogen and oxygen atoms in total. The summed E-state index contributed by atoms with van der Waals surface area (Å²) in [5.74, 6) is -1.42. The van der Waals surface area contributed by atoms with E-state index in [-0.39, 0.29) is 5.56 Å². The van der Waals surface area contributed by atoms with Gasteiger partial charge in [0.2, 0.25) is 12.2 Å². The van der Waals surface area contributed by atoms with Crippen LogP contribution >= 0.6 is 0 Å². The van der Waals surface area contributed by atoms with Crippen molar-refractivity contribution in [2.24, 2.45) is 0 Å². The normalized spacial score (nSPS) is 10.3. The first-order valence-corrected chi connectivity index (χ1v) is 3.77. The van der Waals surface area contributed by atoms with E-state index in [1.807, 2.05) is 0 Å². The van der Waals surface area contributed by atoms with E-state index in [4.69, 9.17) is 10.2 Å². The van der Waals surface area contributed by atoms with Gasteiger partial charge >= 0.3 is 0 Å². The smallest absolute Gasteiger partial charge is 0.211 e. The van der Waals surface area contributed by atoms with E-state index in [0.717, 1.165) is 0 Å². The Kier molecular flexibility index (Phi) is 2.96. The SMILES string of the molecule is O=CN/C=C/c1ccc(O)c(O)c1O. The van der Waals surface area contributed by atoms with Crippen molar-refractivity contribution in [2.45, 2.75) is 0 Å². The molecule has 1 amide bonds. The summed E-state index contributed by atoms with van der Waals surface area (Å²) < 4.78 is 0. The molecule has 0 saturated carbocycles. The van der Waals surface area contributed by atoms with Gasteiger partial charge in [-0.2, -0.15) is 0 Å². The molecule has 0 unspecified atom stereocenters. The van der Waals surface area contributed by atoms with Crippen molar-refractivity contribution in [1.29, 1.82) is 0 Å². The molecule has 0 spiro atoms. The highest BCUT2D eigenvalue weighted by Crippen LogP contribution is 2.37. The zero-order valence-corrected chi connectivity index (χ0v) is 7.14. The van der Waals surface area contributed by atoms with Gasteiger partial charge < -0.3 is 20.6 Å². The maximum atomic E-state index is 9.89. The van der Waals surface area contributed by atoms with E-state index >= 15 is 0 Å². The Balaban J connectivity index is 2.99. The first kappa shape index (κ1) is 9.91. The molecule has 14 heavy (non-hydrogen) atoms. The largest absolute Gasteiger partial charge is 0.504 e. The first-order chi connectivity index (χ1) is 6.66. The molecule has 0 aliphatic rings. The highest BCUT2D eigenvalue weighted by atomic mass is 16.3. The van der Waals surface area contributed by atoms with Gasteiger partial charge in [0.15, 0.2) is 11.5 Å². The van der Waals surface area contributed by atoms with Crippen LogP contribution in [0.5, 0.6) is 17.2 Å². The highest BCUT2D eigenvalue weighted by molar-refractivity contribution is 5.65. The van der Waals surface area contributed by atoms with Crippen LogP contribution < -0.4 is 5.32 Å². The number of carbonyl (C=O) groups excluding carboxylic acids is 1. The van der Waals surface area contributed by atoms with Gasteiger partial charge in [-0.3, -0.25) is 4.79 Å². The molecule has 0 radical (unpaired) electrons. The molecule has 1 aromatic carbocycles. The number of benzene rings is 1. The van der Waals surface area contributed by atoms with Crippen LogP contribution in [0.3, 0.4) is 0 Å². The minimum absolute atomic E-state index is 0.287. The molecule has 0 fully saturated rings. The number of phenolic OH excluding ortho intramolecular Hbond substituents is 3. The second-order valence-electron chi connectivity index (χ2n) is 2.49. The topological polar surface area (TPSA) is 89.8 Å². The van der Waals surface area contributed by atoms with Crippen LogP contribution in [-0.4, -0.2) is 21.7 Å². The predicted octanol–water partition coefficient (Wildman–Crippen LogP) is 0.520. The van der Waals surface area contributed by atoms with Gasteiger partial charge in [-0.1, -0.05) is 0 Å². The summed E-state index contributed by atoms with van der Waals surface area (Å²) in [5, 5.41) is 29.7. The molecule has 4 N–H and O–H groups in total. The average Bonchev–Trinajstić information content (AvgIpc) is 2.18. The van der Waals surface area contributed by atoms with Crippen LogP contribution in [0.2, 0.25) is 0 Å². The molecule has 0 aliphatic heterocycles. The van der Waals surface area contributed by atoms with Crippen LogP contribution in [0, 0.1) is 0 Å². The Hall–Kier alpha value is -2.17. The van der Waals surface area contributed by atoms with Gasteiger partial charge in [-0.15, -0.1) is 0 Å². The van der Waals surface area contributed by atoms with Crippen LogP contribution in [0.4, 0.5) is 0 Å². The monoisotopic (exact) mass is 195 g/mol. The lowest BCUT2D eigenvalue weighted by molar-refractivity contribution is -0.108. The molecule has 0 heterocycles. The Morgan fingerprint density at radius 3 is 2.50 bits per heavy atom. The second-order valence-corrected chi connectivity index (χ2v) is 2.49. The van der Waals surface area contributed by atoms with Crippen molar-refractivity contribution in [1.82, 2.24) is 5.32 Å². The third kappa shape index (κ3) is 1.95. The van der Waals surface area contributed by atoms with Gasteiger partial charge in [-0.25, -0.2) is 0 Å². The van der Waals surface area contributed by atoms with Crippen molar-refractivity contribution >= 4 is 12.5 Å². The van der Waals surface area contributed by atoms with Crippen LogP contribution in [-0.2, 0) is 4.79 Å². The van der Waals surface area contributed by atoms with Crippen molar-refractivity contribution in [3.8, 4) is 17.2 Å². The Bertz CT molecular complexity index is 373. The molecule has 5 heteroatoms. The van der Waals surface area contributed by atoms with Crippen molar-refractivity contribution < 1.29 is 20.1 Å². The number of phenols is 3. The van der Waals surface area contributed by atoms with Gasteiger partial charge in [0.05, 0.1) is 0 Å². The van der Waals surface area contributed by atoms with Crippen LogP contribution in [0.25, 0.3) is 6.08 Å².